The monoisotopic (exact) mass is 333 g/mol. The summed E-state index contributed by atoms with van der Waals surface area (Å²) in [5.74, 6) is 0.513. The molecule has 0 spiro atoms. The van der Waals surface area contributed by atoms with E-state index in [1.54, 1.807) is 33.8 Å². The molecule has 1 aliphatic rings. The average Bonchev–Trinajstić information content (AvgIpc) is 3.03. The molecule has 0 amide bonds. The third-order valence-corrected chi connectivity index (χ3v) is 5.09. The highest BCUT2D eigenvalue weighted by molar-refractivity contribution is 7.13. The molecule has 3 rings (SSSR count). The third kappa shape index (κ3) is 3.77. The van der Waals surface area contributed by atoms with Crippen molar-refractivity contribution in [1.29, 1.82) is 0 Å². The van der Waals surface area contributed by atoms with E-state index in [9.17, 15) is 4.79 Å². The predicted octanol–water partition coefficient (Wildman–Crippen LogP) is 2.31. The highest BCUT2D eigenvalue weighted by atomic mass is 32.1. The fourth-order valence-electron chi connectivity index (χ4n) is 2.86. The summed E-state index contributed by atoms with van der Waals surface area (Å²) in [5, 5.41) is 9.02. The summed E-state index contributed by atoms with van der Waals surface area (Å²) in [4.78, 5) is 19.1. The second-order valence-corrected chi connectivity index (χ2v) is 7.98. The van der Waals surface area contributed by atoms with Crippen LogP contribution in [0.25, 0.3) is 0 Å². The van der Waals surface area contributed by atoms with E-state index >= 15 is 0 Å². The fourth-order valence-corrected chi connectivity index (χ4v) is 3.48. The van der Waals surface area contributed by atoms with Crippen LogP contribution < -0.4 is 10.5 Å². The number of hydrogen-bond donors (Lipinski definition) is 0. The minimum absolute atomic E-state index is 0.0523. The summed E-state index contributed by atoms with van der Waals surface area (Å²) in [7, 11) is 0. The van der Waals surface area contributed by atoms with E-state index in [0.717, 1.165) is 43.3 Å². The number of nitrogens with zero attached hydrogens (tertiary/aromatic N) is 5. The molecule has 7 heteroatoms. The second kappa shape index (κ2) is 6.39. The van der Waals surface area contributed by atoms with E-state index in [1.165, 1.54) is 0 Å². The van der Waals surface area contributed by atoms with Crippen LogP contribution in [0.2, 0.25) is 0 Å². The van der Waals surface area contributed by atoms with Crippen LogP contribution in [0.15, 0.2) is 22.7 Å². The second-order valence-electron chi connectivity index (χ2n) is 7.17. The molecule has 2 aromatic rings. The number of piperidine rings is 1. The number of aromatic nitrogens is 4. The highest BCUT2D eigenvalue weighted by Crippen LogP contribution is 2.25. The summed E-state index contributed by atoms with van der Waals surface area (Å²) in [6.45, 7) is 8.91. The van der Waals surface area contributed by atoms with Gasteiger partial charge in [-0.3, -0.25) is 9.36 Å². The SMILES string of the molecule is CC(C)(C)c1cc(=O)n(CC2CCN(c3nncs3)CC2)cn1. The van der Waals surface area contributed by atoms with Gasteiger partial charge in [-0.05, 0) is 18.8 Å². The van der Waals surface area contributed by atoms with Crippen molar-refractivity contribution in [3.63, 3.8) is 0 Å². The minimum Gasteiger partial charge on any atom is -0.347 e. The highest BCUT2D eigenvalue weighted by Gasteiger charge is 2.22. The Morgan fingerprint density at radius 2 is 2.04 bits per heavy atom. The summed E-state index contributed by atoms with van der Waals surface area (Å²) in [6, 6.07) is 1.68. The Hall–Kier alpha value is -1.76. The molecule has 0 bridgehead atoms. The van der Waals surface area contributed by atoms with Crippen LogP contribution in [-0.2, 0) is 12.0 Å². The van der Waals surface area contributed by atoms with Gasteiger partial charge in [-0.15, -0.1) is 10.2 Å². The molecule has 2 aromatic heterocycles. The van der Waals surface area contributed by atoms with Crippen molar-refractivity contribution in [1.82, 2.24) is 19.7 Å². The smallest absolute Gasteiger partial charge is 0.253 e. The fraction of sp³-hybridized carbons (Fsp3) is 0.625. The van der Waals surface area contributed by atoms with E-state index in [4.69, 9.17) is 0 Å². The maximum Gasteiger partial charge on any atom is 0.253 e. The molecule has 0 N–H and O–H groups in total. The van der Waals surface area contributed by atoms with Gasteiger partial charge in [-0.25, -0.2) is 4.98 Å². The Labute approximate surface area is 140 Å². The molecular weight excluding hydrogens is 310 g/mol. The van der Waals surface area contributed by atoms with Gasteiger partial charge in [0.25, 0.3) is 5.56 Å². The van der Waals surface area contributed by atoms with E-state index in [2.05, 4.69) is 40.9 Å². The lowest BCUT2D eigenvalue weighted by atomic mass is 9.92. The Kier molecular flexibility index (Phi) is 4.48. The van der Waals surface area contributed by atoms with E-state index < -0.39 is 0 Å². The van der Waals surface area contributed by atoms with Crippen molar-refractivity contribution in [3.05, 3.63) is 34.0 Å². The van der Waals surface area contributed by atoms with Gasteiger partial charge in [0.1, 0.15) is 5.51 Å². The topological polar surface area (TPSA) is 63.9 Å². The first kappa shape index (κ1) is 16.1. The molecule has 124 valence electrons. The molecular formula is C16H23N5OS. The third-order valence-electron chi connectivity index (χ3n) is 4.34. The molecule has 1 aliphatic heterocycles. The molecule has 0 saturated carbocycles. The van der Waals surface area contributed by atoms with Crippen molar-refractivity contribution < 1.29 is 0 Å². The van der Waals surface area contributed by atoms with Crippen molar-refractivity contribution in [2.75, 3.05) is 18.0 Å². The molecule has 1 saturated heterocycles. The zero-order valence-corrected chi connectivity index (χ0v) is 14.7. The van der Waals surface area contributed by atoms with E-state index in [-0.39, 0.29) is 11.0 Å². The standard InChI is InChI=1S/C16H23N5OS/c1-16(2,3)13-8-14(22)21(10-17-13)9-12-4-6-20(7-5-12)15-19-18-11-23-15/h8,10-12H,4-7,9H2,1-3H3. The average molecular weight is 333 g/mol. The molecule has 0 aliphatic carbocycles. The summed E-state index contributed by atoms with van der Waals surface area (Å²) in [5.41, 5.74) is 2.58. The van der Waals surface area contributed by atoms with E-state index in [0.29, 0.717) is 5.92 Å². The molecule has 0 radical (unpaired) electrons. The largest absolute Gasteiger partial charge is 0.347 e. The summed E-state index contributed by atoms with van der Waals surface area (Å²) >= 11 is 1.58. The van der Waals surface area contributed by atoms with E-state index in [1.807, 2.05) is 0 Å². The summed E-state index contributed by atoms with van der Waals surface area (Å²) < 4.78 is 1.75. The van der Waals surface area contributed by atoms with Gasteiger partial charge in [-0.1, -0.05) is 32.1 Å². The van der Waals surface area contributed by atoms with Gasteiger partial charge in [0.15, 0.2) is 0 Å². The Morgan fingerprint density at radius 3 is 2.61 bits per heavy atom. The van der Waals surface area contributed by atoms with Gasteiger partial charge in [-0.2, -0.15) is 0 Å². The van der Waals surface area contributed by atoms with Gasteiger partial charge >= 0.3 is 0 Å². The van der Waals surface area contributed by atoms with Gasteiger partial charge in [0.2, 0.25) is 5.13 Å². The molecule has 0 unspecified atom stereocenters. The van der Waals surface area contributed by atoms with Crippen LogP contribution in [0, 0.1) is 5.92 Å². The van der Waals surface area contributed by atoms with Crippen LogP contribution in [0.4, 0.5) is 5.13 Å². The quantitative estimate of drug-likeness (QED) is 0.862. The molecule has 0 aromatic carbocycles. The zero-order chi connectivity index (χ0) is 16.4. The number of rotatable bonds is 3. The number of hydrogen-bond acceptors (Lipinski definition) is 6. The summed E-state index contributed by atoms with van der Waals surface area (Å²) in [6.07, 6.45) is 3.83. The molecule has 23 heavy (non-hydrogen) atoms. The van der Waals surface area contributed by atoms with Crippen molar-refractivity contribution in [2.24, 2.45) is 5.92 Å². The maximum atomic E-state index is 12.3. The first-order chi connectivity index (χ1) is 10.9. The Balaban J connectivity index is 1.62. The first-order valence-electron chi connectivity index (χ1n) is 8.01. The normalized spacial score (nSPS) is 16.7. The maximum absolute atomic E-state index is 12.3. The Morgan fingerprint density at radius 1 is 1.30 bits per heavy atom. The van der Waals surface area contributed by atoms with Crippen LogP contribution in [0.3, 0.4) is 0 Å². The van der Waals surface area contributed by atoms with Gasteiger partial charge < -0.3 is 4.90 Å². The number of anilines is 1. The lowest BCUT2D eigenvalue weighted by molar-refractivity contribution is 0.349. The molecule has 3 heterocycles. The van der Waals surface area contributed by atoms with Crippen LogP contribution >= 0.6 is 11.3 Å². The van der Waals surface area contributed by atoms with Crippen LogP contribution in [0.1, 0.15) is 39.3 Å². The Bertz CT molecular complexity index is 696. The first-order valence-corrected chi connectivity index (χ1v) is 8.89. The van der Waals surface area contributed by atoms with Crippen molar-refractivity contribution in [2.45, 2.75) is 45.6 Å². The van der Waals surface area contributed by atoms with Gasteiger partial charge in [0, 0.05) is 31.1 Å². The predicted molar refractivity (Wildman–Crippen MR) is 92.0 cm³/mol. The minimum atomic E-state index is -0.0919. The molecule has 6 nitrogen and oxygen atoms in total. The zero-order valence-electron chi connectivity index (χ0n) is 13.9. The molecule has 0 atom stereocenters. The van der Waals surface area contributed by atoms with Crippen molar-refractivity contribution in [3.8, 4) is 0 Å². The van der Waals surface area contributed by atoms with Gasteiger partial charge in [0.05, 0.1) is 12.0 Å². The van der Waals surface area contributed by atoms with Crippen LogP contribution in [0.5, 0.6) is 0 Å². The van der Waals surface area contributed by atoms with Crippen LogP contribution in [-0.4, -0.2) is 32.8 Å². The lowest BCUT2D eigenvalue weighted by Crippen LogP contribution is -2.36. The lowest BCUT2D eigenvalue weighted by Gasteiger charge is -2.31. The molecule has 1 fully saturated rings. The van der Waals surface area contributed by atoms with Crippen molar-refractivity contribution >= 4 is 16.5 Å².